The predicted octanol–water partition coefficient (Wildman–Crippen LogP) is 1.63. The van der Waals surface area contributed by atoms with Gasteiger partial charge in [0.1, 0.15) is 5.01 Å². The number of aromatic nitrogens is 1. The Morgan fingerprint density at radius 2 is 2.29 bits per heavy atom. The summed E-state index contributed by atoms with van der Waals surface area (Å²) in [5.41, 5.74) is 4.70. The molecule has 0 aliphatic rings. The maximum Gasteiger partial charge on any atom is 0.232 e. The first-order valence-corrected chi connectivity index (χ1v) is 6.62. The van der Waals surface area contributed by atoms with Gasteiger partial charge in [0.05, 0.1) is 16.9 Å². The molecule has 0 bridgehead atoms. The average molecular weight is 271 g/mol. The van der Waals surface area contributed by atoms with Crippen molar-refractivity contribution in [3.8, 4) is 0 Å². The van der Waals surface area contributed by atoms with Crippen molar-refractivity contribution >= 4 is 34.5 Å². The van der Waals surface area contributed by atoms with Crippen LogP contribution in [0.15, 0.2) is 6.20 Å². The molecule has 1 heterocycles. The number of hydrogen-bond donors (Lipinski definition) is 2. The van der Waals surface area contributed by atoms with Crippen LogP contribution in [0, 0.1) is 5.41 Å². The van der Waals surface area contributed by atoms with Crippen LogP contribution in [0.3, 0.4) is 0 Å². The van der Waals surface area contributed by atoms with Crippen LogP contribution in [0.1, 0.15) is 30.7 Å². The number of carbonyl (C=O) groups excluding carboxylic acids is 1. The summed E-state index contributed by atoms with van der Waals surface area (Å²) in [5, 5.41) is 3.70. The minimum atomic E-state index is -0.819. The number of amides is 1. The number of nitrogens with zero attached hydrogens (tertiary/aromatic N) is 1. The van der Waals surface area contributed by atoms with E-state index in [1.165, 1.54) is 4.88 Å². The van der Waals surface area contributed by atoms with Gasteiger partial charge in [0, 0.05) is 11.1 Å². The van der Waals surface area contributed by atoms with Crippen molar-refractivity contribution in [3.63, 3.8) is 0 Å². The Hall–Kier alpha value is -1.01. The molecule has 17 heavy (non-hydrogen) atoms. The molecule has 0 saturated carbocycles. The van der Waals surface area contributed by atoms with Gasteiger partial charge in [0.25, 0.3) is 0 Å². The van der Waals surface area contributed by atoms with E-state index in [9.17, 15) is 4.79 Å². The highest BCUT2D eigenvalue weighted by molar-refractivity contribution is 7.80. The lowest BCUT2D eigenvalue weighted by atomic mass is 9.92. The zero-order valence-corrected chi connectivity index (χ0v) is 11.9. The molecule has 0 aliphatic carbocycles. The summed E-state index contributed by atoms with van der Waals surface area (Å²) in [6.45, 7) is 5.93. The Morgan fingerprint density at radius 1 is 1.65 bits per heavy atom. The number of carbonyl (C=O) groups is 1. The van der Waals surface area contributed by atoms with E-state index < -0.39 is 5.41 Å². The number of thiocarbonyl (C=S) groups is 1. The SMILES string of the molecule is CCc1cnc(CNC(=O)C(C)(C)C(N)=S)s1. The summed E-state index contributed by atoms with van der Waals surface area (Å²) in [6.07, 6.45) is 2.80. The summed E-state index contributed by atoms with van der Waals surface area (Å²) in [6, 6.07) is 0. The van der Waals surface area contributed by atoms with E-state index in [0.717, 1.165) is 11.4 Å². The van der Waals surface area contributed by atoms with Gasteiger partial charge in [-0.1, -0.05) is 19.1 Å². The van der Waals surface area contributed by atoms with Gasteiger partial charge in [-0.05, 0) is 20.3 Å². The normalized spacial score (nSPS) is 11.2. The van der Waals surface area contributed by atoms with Crippen molar-refractivity contribution in [2.45, 2.75) is 33.7 Å². The number of hydrogen-bond acceptors (Lipinski definition) is 4. The number of nitrogens with one attached hydrogen (secondary N) is 1. The fraction of sp³-hybridized carbons (Fsp3) is 0.545. The molecule has 0 saturated heterocycles. The molecule has 0 spiro atoms. The standard InChI is InChI=1S/C11H17N3OS2/c1-4-7-5-13-8(17-7)6-14-10(15)11(2,3)9(12)16/h5H,4,6H2,1-3H3,(H2,12,16)(H,14,15). The largest absolute Gasteiger partial charge is 0.392 e. The van der Waals surface area contributed by atoms with Gasteiger partial charge in [0.2, 0.25) is 5.91 Å². The van der Waals surface area contributed by atoms with Crippen LogP contribution in [-0.4, -0.2) is 15.9 Å². The lowest BCUT2D eigenvalue weighted by Crippen LogP contribution is -2.44. The Labute approximate surface area is 111 Å². The molecule has 0 aromatic carbocycles. The first kappa shape index (κ1) is 14.1. The molecule has 0 radical (unpaired) electrons. The third-order valence-corrected chi connectivity index (χ3v) is 4.19. The molecule has 1 aromatic heterocycles. The molecule has 6 heteroatoms. The fourth-order valence-corrected chi connectivity index (χ4v) is 1.98. The maximum absolute atomic E-state index is 11.9. The number of rotatable bonds is 5. The number of aryl methyl sites for hydroxylation is 1. The van der Waals surface area contributed by atoms with Crippen molar-refractivity contribution in [3.05, 3.63) is 16.1 Å². The average Bonchev–Trinajstić information content (AvgIpc) is 2.73. The highest BCUT2D eigenvalue weighted by Crippen LogP contribution is 2.17. The Morgan fingerprint density at radius 3 is 2.76 bits per heavy atom. The zero-order valence-electron chi connectivity index (χ0n) is 10.2. The molecule has 0 aliphatic heterocycles. The van der Waals surface area contributed by atoms with Gasteiger partial charge >= 0.3 is 0 Å². The van der Waals surface area contributed by atoms with E-state index in [4.69, 9.17) is 18.0 Å². The van der Waals surface area contributed by atoms with Crippen molar-refractivity contribution in [1.82, 2.24) is 10.3 Å². The fourth-order valence-electron chi connectivity index (χ4n) is 1.08. The van der Waals surface area contributed by atoms with Crippen LogP contribution in [-0.2, 0) is 17.8 Å². The van der Waals surface area contributed by atoms with Gasteiger partial charge in [-0.15, -0.1) is 11.3 Å². The molecular weight excluding hydrogens is 254 g/mol. The van der Waals surface area contributed by atoms with Crippen molar-refractivity contribution in [1.29, 1.82) is 0 Å². The second kappa shape index (κ2) is 5.55. The van der Waals surface area contributed by atoms with Crippen LogP contribution < -0.4 is 11.1 Å². The van der Waals surface area contributed by atoms with E-state index in [2.05, 4.69) is 17.2 Å². The van der Waals surface area contributed by atoms with E-state index in [1.807, 2.05) is 6.20 Å². The lowest BCUT2D eigenvalue weighted by molar-refractivity contribution is -0.126. The summed E-state index contributed by atoms with van der Waals surface area (Å²) >= 11 is 6.47. The molecule has 1 aromatic rings. The molecule has 0 fully saturated rings. The van der Waals surface area contributed by atoms with Gasteiger partial charge in [-0.25, -0.2) is 4.98 Å². The molecule has 0 unspecified atom stereocenters. The van der Waals surface area contributed by atoms with E-state index in [0.29, 0.717) is 6.54 Å². The minimum absolute atomic E-state index is 0.168. The smallest absolute Gasteiger partial charge is 0.232 e. The third kappa shape index (κ3) is 3.47. The third-order valence-electron chi connectivity index (χ3n) is 2.53. The summed E-state index contributed by atoms with van der Waals surface area (Å²) in [5.74, 6) is -0.168. The Kier molecular flexibility index (Phi) is 4.59. The molecule has 1 rings (SSSR count). The topological polar surface area (TPSA) is 68.0 Å². The molecule has 1 amide bonds. The minimum Gasteiger partial charge on any atom is -0.392 e. The van der Waals surface area contributed by atoms with Crippen molar-refractivity contribution in [2.24, 2.45) is 11.1 Å². The molecule has 94 valence electrons. The molecular formula is C11H17N3OS2. The van der Waals surface area contributed by atoms with Crippen LogP contribution in [0.4, 0.5) is 0 Å². The van der Waals surface area contributed by atoms with Crippen molar-refractivity contribution < 1.29 is 4.79 Å². The second-order valence-electron chi connectivity index (χ2n) is 4.25. The highest BCUT2D eigenvalue weighted by Gasteiger charge is 2.30. The molecule has 0 atom stereocenters. The Balaban J connectivity index is 2.56. The maximum atomic E-state index is 11.9. The van der Waals surface area contributed by atoms with Gasteiger partial charge in [-0.3, -0.25) is 4.79 Å². The van der Waals surface area contributed by atoms with E-state index >= 15 is 0 Å². The lowest BCUT2D eigenvalue weighted by Gasteiger charge is -2.21. The monoisotopic (exact) mass is 271 g/mol. The molecule has 3 N–H and O–H groups in total. The summed E-state index contributed by atoms with van der Waals surface area (Å²) in [7, 11) is 0. The quantitative estimate of drug-likeness (QED) is 0.799. The molecule has 4 nitrogen and oxygen atoms in total. The number of nitrogens with two attached hydrogens (primary N) is 1. The highest BCUT2D eigenvalue weighted by atomic mass is 32.1. The van der Waals surface area contributed by atoms with Crippen LogP contribution >= 0.6 is 23.6 Å². The van der Waals surface area contributed by atoms with Crippen LogP contribution in [0.25, 0.3) is 0 Å². The first-order valence-electron chi connectivity index (χ1n) is 5.39. The van der Waals surface area contributed by atoms with E-state index in [-0.39, 0.29) is 10.9 Å². The van der Waals surface area contributed by atoms with Crippen LogP contribution in [0.2, 0.25) is 0 Å². The van der Waals surface area contributed by atoms with Gasteiger partial charge in [-0.2, -0.15) is 0 Å². The van der Waals surface area contributed by atoms with Gasteiger partial charge in [0.15, 0.2) is 0 Å². The van der Waals surface area contributed by atoms with Crippen LogP contribution in [0.5, 0.6) is 0 Å². The number of thiazole rings is 1. The first-order chi connectivity index (χ1) is 7.87. The van der Waals surface area contributed by atoms with Gasteiger partial charge < -0.3 is 11.1 Å². The van der Waals surface area contributed by atoms with E-state index in [1.54, 1.807) is 25.2 Å². The summed E-state index contributed by atoms with van der Waals surface area (Å²) in [4.78, 5) is 17.5. The predicted molar refractivity (Wildman–Crippen MR) is 73.9 cm³/mol. The van der Waals surface area contributed by atoms with Crippen molar-refractivity contribution in [2.75, 3.05) is 0 Å². The second-order valence-corrected chi connectivity index (χ2v) is 5.89. The Bertz CT molecular complexity index is 426. The summed E-state index contributed by atoms with van der Waals surface area (Å²) < 4.78 is 0. The zero-order chi connectivity index (χ0) is 13.1.